The van der Waals surface area contributed by atoms with Gasteiger partial charge in [-0.3, -0.25) is 0 Å². The van der Waals surface area contributed by atoms with Crippen LogP contribution in [0.3, 0.4) is 0 Å². The molecule has 4 nitrogen and oxygen atoms in total. The van der Waals surface area contributed by atoms with Crippen LogP contribution in [0, 0.1) is 0 Å². The number of hydrogen-bond donors (Lipinski definition) is 1. The van der Waals surface area contributed by atoms with Gasteiger partial charge in [0.25, 0.3) is 0 Å². The van der Waals surface area contributed by atoms with Gasteiger partial charge >= 0.3 is 0 Å². The lowest BCUT2D eigenvalue weighted by Crippen LogP contribution is -2.31. The van der Waals surface area contributed by atoms with Gasteiger partial charge < -0.3 is 19.7 Å². The molecule has 3 aromatic carbocycles. The zero-order chi connectivity index (χ0) is 26.0. The maximum absolute atomic E-state index is 6.23. The standard InChI is InChI=1S/C34H44N2O2/c1-2-3-4-5-6-7-13-27-18-20-28(21-19-27)29-22-23-35-30(29)26-37-25-12-24-36-31-14-8-10-16-33(31)38-34-17-11-9-15-32(34)36/h8-11,14-21,29-30,35H,2-7,12-13,22-26H2,1H3/t29-,30-/m1/s1. The monoisotopic (exact) mass is 512 g/mol. The number of unbranched alkanes of at least 4 members (excludes halogenated alkanes) is 5. The minimum Gasteiger partial charge on any atom is -0.453 e. The number of fused-ring (bicyclic) bond motifs is 2. The summed E-state index contributed by atoms with van der Waals surface area (Å²) in [6.45, 7) is 5.77. The van der Waals surface area contributed by atoms with Crippen molar-refractivity contribution in [1.82, 2.24) is 5.32 Å². The van der Waals surface area contributed by atoms with Crippen LogP contribution < -0.4 is 15.0 Å². The Bertz CT molecular complexity index is 1080. The summed E-state index contributed by atoms with van der Waals surface area (Å²) in [6, 6.07) is 26.4. The minimum atomic E-state index is 0.393. The first kappa shape index (κ1) is 26.8. The van der Waals surface area contributed by atoms with E-state index in [2.05, 4.69) is 65.7 Å². The van der Waals surface area contributed by atoms with Crippen LogP contribution in [0.5, 0.6) is 11.5 Å². The molecule has 0 aromatic heterocycles. The SMILES string of the molecule is CCCCCCCCc1ccc([C@H]2CCN[C@@H]2COCCCN2c3ccccc3Oc3ccccc32)cc1. The van der Waals surface area contributed by atoms with Crippen molar-refractivity contribution in [1.29, 1.82) is 0 Å². The van der Waals surface area contributed by atoms with Crippen molar-refractivity contribution in [3.8, 4) is 11.5 Å². The van der Waals surface area contributed by atoms with E-state index in [1.165, 1.54) is 62.5 Å². The molecule has 5 rings (SSSR count). The first-order chi connectivity index (χ1) is 18.8. The number of para-hydroxylation sites is 4. The first-order valence-corrected chi connectivity index (χ1v) is 14.9. The molecule has 2 aliphatic rings. The Hall–Kier alpha value is -2.82. The van der Waals surface area contributed by atoms with Crippen LogP contribution in [0.2, 0.25) is 0 Å². The Morgan fingerprint density at radius 1 is 0.816 bits per heavy atom. The third kappa shape index (κ3) is 6.78. The summed E-state index contributed by atoms with van der Waals surface area (Å²) in [5.41, 5.74) is 5.19. The van der Waals surface area contributed by atoms with Crippen LogP contribution in [-0.2, 0) is 11.2 Å². The molecule has 3 aromatic rings. The van der Waals surface area contributed by atoms with Gasteiger partial charge in [-0.25, -0.2) is 0 Å². The molecular formula is C34H44N2O2. The van der Waals surface area contributed by atoms with Gasteiger partial charge in [0, 0.05) is 25.1 Å². The second-order valence-electron chi connectivity index (χ2n) is 10.8. The normalized spacial score (nSPS) is 18.2. The van der Waals surface area contributed by atoms with Gasteiger partial charge in [-0.05, 0) is 67.6 Å². The van der Waals surface area contributed by atoms with Crippen LogP contribution >= 0.6 is 0 Å². The van der Waals surface area contributed by atoms with Crippen molar-refractivity contribution in [3.63, 3.8) is 0 Å². The summed E-state index contributed by atoms with van der Waals surface area (Å²) in [6.07, 6.45) is 11.5. The topological polar surface area (TPSA) is 33.7 Å². The third-order valence-electron chi connectivity index (χ3n) is 8.07. The number of aryl methyl sites for hydroxylation is 1. The lowest BCUT2D eigenvalue weighted by atomic mass is 9.91. The molecule has 2 aliphatic heterocycles. The van der Waals surface area contributed by atoms with Crippen molar-refractivity contribution < 1.29 is 9.47 Å². The highest BCUT2D eigenvalue weighted by atomic mass is 16.5. The molecule has 0 amide bonds. The molecule has 1 fully saturated rings. The highest BCUT2D eigenvalue weighted by Gasteiger charge is 2.28. The van der Waals surface area contributed by atoms with Crippen LogP contribution in [-0.4, -0.2) is 32.3 Å². The Morgan fingerprint density at radius 2 is 1.50 bits per heavy atom. The summed E-state index contributed by atoms with van der Waals surface area (Å²) in [5, 5.41) is 3.69. The molecule has 1 saturated heterocycles. The van der Waals surface area contributed by atoms with Gasteiger partial charge in [0.1, 0.15) is 0 Å². The van der Waals surface area contributed by atoms with E-state index in [1.54, 1.807) is 0 Å². The third-order valence-corrected chi connectivity index (χ3v) is 8.07. The molecule has 2 atom stereocenters. The summed E-state index contributed by atoms with van der Waals surface area (Å²) in [7, 11) is 0. The Balaban J connectivity index is 1.07. The lowest BCUT2D eigenvalue weighted by Gasteiger charge is -2.32. The second kappa shape index (κ2) is 13.8. The molecule has 0 unspecified atom stereocenters. The van der Waals surface area contributed by atoms with Gasteiger partial charge in [-0.15, -0.1) is 0 Å². The fourth-order valence-corrected chi connectivity index (χ4v) is 5.94. The predicted molar refractivity (Wildman–Crippen MR) is 158 cm³/mol. The van der Waals surface area contributed by atoms with Gasteiger partial charge in [0.05, 0.1) is 18.0 Å². The second-order valence-corrected chi connectivity index (χ2v) is 10.8. The summed E-state index contributed by atoms with van der Waals surface area (Å²) >= 11 is 0. The van der Waals surface area contributed by atoms with E-state index >= 15 is 0 Å². The molecular weight excluding hydrogens is 468 g/mol. The van der Waals surface area contributed by atoms with E-state index in [1.807, 2.05) is 24.3 Å². The Morgan fingerprint density at radius 3 is 2.24 bits per heavy atom. The summed E-state index contributed by atoms with van der Waals surface area (Å²) in [5.74, 6) is 2.38. The van der Waals surface area contributed by atoms with E-state index in [-0.39, 0.29) is 0 Å². The van der Waals surface area contributed by atoms with E-state index in [9.17, 15) is 0 Å². The Labute approximate surface area is 229 Å². The maximum Gasteiger partial charge on any atom is 0.151 e. The molecule has 0 saturated carbocycles. The average Bonchev–Trinajstić information content (AvgIpc) is 3.43. The molecule has 0 bridgehead atoms. The van der Waals surface area contributed by atoms with E-state index in [0.29, 0.717) is 12.0 Å². The summed E-state index contributed by atoms with van der Waals surface area (Å²) < 4.78 is 12.4. The first-order valence-electron chi connectivity index (χ1n) is 14.9. The van der Waals surface area contributed by atoms with Crippen molar-refractivity contribution >= 4 is 11.4 Å². The van der Waals surface area contributed by atoms with Crippen LogP contribution in [0.25, 0.3) is 0 Å². The molecule has 4 heteroatoms. The van der Waals surface area contributed by atoms with Crippen LogP contribution in [0.4, 0.5) is 11.4 Å². The largest absolute Gasteiger partial charge is 0.453 e. The molecule has 0 radical (unpaired) electrons. The molecule has 202 valence electrons. The zero-order valence-electron chi connectivity index (χ0n) is 23.0. The number of ether oxygens (including phenoxy) is 2. The van der Waals surface area contributed by atoms with Crippen LogP contribution in [0.15, 0.2) is 72.8 Å². The fraction of sp³-hybridized carbons (Fsp3) is 0.471. The van der Waals surface area contributed by atoms with Crippen molar-refractivity contribution in [2.75, 3.05) is 31.2 Å². The van der Waals surface area contributed by atoms with E-state index in [0.717, 1.165) is 55.6 Å². The average molecular weight is 513 g/mol. The van der Waals surface area contributed by atoms with E-state index < -0.39 is 0 Å². The van der Waals surface area contributed by atoms with Gasteiger partial charge in [-0.2, -0.15) is 0 Å². The van der Waals surface area contributed by atoms with Crippen molar-refractivity contribution in [2.45, 2.75) is 76.7 Å². The summed E-state index contributed by atoms with van der Waals surface area (Å²) in [4.78, 5) is 2.36. The fourth-order valence-electron chi connectivity index (χ4n) is 5.94. The van der Waals surface area contributed by atoms with Gasteiger partial charge in [0.2, 0.25) is 0 Å². The highest BCUT2D eigenvalue weighted by Crippen LogP contribution is 2.46. The zero-order valence-corrected chi connectivity index (χ0v) is 23.0. The number of rotatable bonds is 14. The number of benzene rings is 3. The molecule has 1 N–H and O–H groups in total. The highest BCUT2D eigenvalue weighted by molar-refractivity contribution is 5.77. The van der Waals surface area contributed by atoms with Crippen LogP contribution in [0.1, 0.15) is 75.3 Å². The molecule has 38 heavy (non-hydrogen) atoms. The van der Waals surface area contributed by atoms with Crippen molar-refractivity contribution in [3.05, 3.63) is 83.9 Å². The number of nitrogens with one attached hydrogen (secondary N) is 1. The number of anilines is 2. The smallest absolute Gasteiger partial charge is 0.151 e. The van der Waals surface area contributed by atoms with Gasteiger partial charge in [0.15, 0.2) is 11.5 Å². The molecule has 0 spiro atoms. The lowest BCUT2D eigenvalue weighted by molar-refractivity contribution is 0.111. The predicted octanol–water partition coefficient (Wildman–Crippen LogP) is 8.39. The van der Waals surface area contributed by atoms with E-state index in [4.69, 9.17) is 9.47 Å². The quantitative estimate of drug-likeness (QED) is 0.220. The number of hydrogen-bond acceptors (Lipinski definition) is 4. The molecule has 0 aliphatic carbocycles. The van der Waals surface area contributed by atoms with Crippen molar-refractivity contribution in [2.24, 2.45) is 0 Å². The number of nitrogens with zero attached hydrogens (tertiary/aromatic N) is 1. The minimum absolute atomic E-state index is 0.393. The maximum atomic E-state index is 6.23. The van der Waals surface area contributed by atoms with Gasteiger partial charge in [-0.1, -0.05) is 87.6 Å². The Kier molecular flexibility index (Phi) is 9.74. The molecule has 2 heterocycles.